The molecule has 0 amide bonds. The zero-order valence-electron chi connectivity index (χ0n) is 12.6. The van der Waals surface area contributed by atoms with E-state index in [0.717, 1.165) is 12.1 Å². The molecule has 0 aromatic heterocycles. The summed E-state index contributed by atoms with van der Waals surface area (Å²) in [6.07, 6.45) is 0.250. The average molecular weight is 349 g/mol. The van der Waals surface area contributed by atoms with Crippen LogP contribution in [0.25, 0.3) is 0 Å². The molecule has 1 fully saturated rings. The van der Waals surface area contributed by atoms with Gasteiger partial charge in [0.25, 0.3) is 0 Å². The maximum atomic E-state index is 14.0. The van der Waals surface area contributed by atoms with Gasteiger partial charge in [-0.25, -0.2) is 21.9 Å². The first-order valence-corrected chi connectivity index (χ1v) is 8.32. The first-order chi connectivity index (χ1) is 10.6. The number of nitrogens with one attached hydrogen (secondary N) is 1. The van der Waals surface area contributed by atoms with E-state index in [9.17, 15) is 22.0 Å². The van der Waals surface area contributed by atoms with Crippen LogP contribution in [-0.4, -0.2) is 38.7 Å². The Balaban J connectivity index is 2.17. The van der Waals surface area contributed by atoms with Crippen molar-refractivity contribution in [2.75, 3.05) is 13.7 Å². The summed E-state index contributed by atoms with van der Waals surface area (Å²) in [4.78, 5) is 9.80. The summed E-state index contributed by atoms with van der Waals surface area (Å²) in [7, 11) is -3.10. The van der Waals surface area contributed by atoms with E-state index in [-0.39, 0.29) is 24.9 Å². The highest BCUT2D eigenvalue weighted by molar-refractivity contribution is 7.89. The molecule has 0 unspecified atom stereocenters. The Labute approximate surface area is 132 Å². The molecular formula is C14H17F2NO5S. The predicted molar refractivity (Wildman–Crippen MR) is 76.4 cm³/mol. The molecule has 2 N–H and O–H groups in total. The van der Waals surface area contributed by atoms with Crippen molar-refractivity contribution in [1.29, 1.82) is 0 Å². The van der Waals surface area contributed by atoms with Gasteiger partial charge in [0.15, 0.2) is 4.90 Å². The van der Waals surface area contributed by atoms with Gasteiger partial charge in [-0.15, -0.1) is 0 Å². The molecule has 1 aromatic carbocycles. The lowest BCUT2D eigenvalue weighted by Gasteiger charge is -2.44. The first kappa shape index (κ1) is 17.8. The van der Waals surface area contributed by atoms with E-state index < -0.39 is 44.0 Å². The number of carbonyl (C=O) groups is 1. The number of carboxylic acids is 1. The number of methoxy groups -OCH3 is 1. The highest BCUT2D eigenvalue weighted by Crippen LogP contribution is 2.40. The van der Waals surface area contributed by atoms with Gasteiger partial charge in [0.2, 0.25) is 10.0 Å². The fraction of sp³-hybridized carbons (Fsp3) is 0.500. The number of aliphatic carboxylic acids is 1. The monoisotopic (exact) mass is 349 g/mol. The second kappa shape index (κ2) is 6.14. The molecule has 0 aliphatic heterocycles. The van der Waals surface area contributed by atoms with Crippen LogP contribution in [0.1, 0.15) is 18.4 Å². The third-order valence-corrected chi connectivity index (χ3v) is 5.55. The number of hydrogen-bond acceptors (Lipinski definition) is 4. The van der Waals surface area contributed by atoms with Gasteiger partial charge in [-0.1, -0.05) is 6.07 Å². The quantitative estimate of drug-likeness (QED) is 0.810. The van der Waals surface area contributed by atoms with E-state index in [1.165, 1.54) is 14.0 Å². The Morgan fingerprint density at radius 1 is 1.43 bits per heavy atom. The van der Waals surface area contributed by atoms with Gasteiger partial charge in [0, 0.05) is 13.7 Å². The summed E-state index contributed by atoms with van der Waals surface area (Å²) in [5.74, 6) is -3.95. The number of rotatable bonds is 6. The van der Waals surface area contributed by atoms with Crippen LogP contribution in [0.4, 0.5) is 8.78 Å². The molecule has 128 valence electrons. The van der Waals surface area contributed by atoms with Crippen LogP contribution in [0, 0.1) is 24.5 Å². The van der Waals surface area contributed by atoms with Gasteiger partial charge in [0.1, 0.15) is 11.6 Å². The van der Waals surface area contributed by atoms with Gasteiger partial charge in [-0.3, -0.25) is 4.79 Å². The number of aryl methyl sites for hydroxylation is 1. The highest BCUT2D eigenvalue weighted by atomic mass is 32.2. The standard InChI is InChI=1S/C14H17F2NO5S/c1-8-3-4-10(15)12(11(8)16)23(20,21)17-7-14(22-2)5-9(6-14)13(18)19/h3-4,9,17H,5-7H2,1-2H3,(H,18,19). The van der Waals surface area contributed by atoms with E-state index >= 15 is 0 Å². The van der Waals surface area contributed by atoms with Crippen LogP contribution in [0.3, 0.4) is 0 Å². The van der Waals surface area contributed by atoms with Crippen LogP contribution in [-0.2, 0) is 19.6 Å². The van der Waals surface area contributed by atoms with Gasteiger partial charge < -0.3 is 9.84 Å². The van der Waals surface area contributed by atoms with Crippen molar-refractivity contribution in [2.24, 2.45) is 5.92 Å². The fourth-order valence-electron chi connectivity index (χ4n) is 2.57. The van der Waals surface area contributed by atoms with Crippen molar-refractivity contribution in [3.63, 3.8) is 0 Å². The van der Waals surface area contributed by atoms with E-state index in [1.54, 1.807) is 0 Å². The Hall–Kier alpha value is -1.58. The molecule has 1 aromatic rings. The Morgan fingerprint density at radius 3 is 2.57 bits per heavy atom. The first-order valence-electron chi connectivity index (χ1n) is 6.84. The van der Waals surface area contributed by atoms with Crippen molar-refractivity contribution in [2.45, 2.75) is 30.3 Å². The lowest BCUT2D eigenvalue weighted by molar-refractivity contribution is -0.161. The summed E-state index contributed by atoms with van der Waals surface area (Å²) >= 11 is 0. The second-order valence-corrected chi connectivity index (χ2v) is 7.37. The van der Waals surface area contributed by atoms with Gasteiger partial charge in [0.05, 0.1) is 11.5 Å². The molecule has 9 heteroatoms. The Kier molecular flexibility index (Phi) is 4.74. The smallest absolute Gasteiger partial charge is 0.306 e. The molecule has 0 heterocycles. The van der Waals surface area contributed by atoms with Crippen LogP contribution in [0.5, 0.6) is 0 Å². The maximum absolute atomic E-state index is 14.0. The molecule has 1 saturated carbocycles. The van der Waals surface area contributed by atoms with Crippen molar-refractivity contribution >= 4 is 16.0 Å². The van der Waals surface area contributed by atoms with Crippen LogP contribution in [0.15, 0.2) is 17.0 Å². The molecule has 0 bridgehead atoms. The van der Waals surface area contributed by atoms with Crippen LogP contribution >= 0.6 is 0 Å². The number of hydrogen-bond donors (Lipinski definition) is 2. The minimum Gasteiger partial charge on any atom is -0.481 e. The van der Waals surface area contributed by atoms with Crippen LogP contribution < -0.4 is 4.72 Å². The average Bonchev–Trinajstić information content (AvgIpc) is 2.42. The molecular weight excluding hydrogens is 332 g/mol. The van der Waals surface area contributed by atoms with Gasteiger partial charge in [-0.2, -0.15) is 0 Å². The largest absolute Gasteiger partial charge is 0.481 e. The molecule has 1 aliphatic carbocycles. The Bertz CT molecular complexity index is 729. The molecule has 0 radical (unpaired) electrons. The van der Waals surface area contributed by atoms with Gasteiger partial charge >= 0.3 is 5.97 Å². The van der Waals surface area contributed by atoms with Crippen molar-refractivity contribution in [3.05, 3.63) is 29.3 Å². The second-order valence-electron chi connectivity index (χ2n) is 5.66. The molecule has 0 spiro atoms. The molecule has 2 rings (SSSR count). The number of sulfonamides is 1. The zero-order valence-corrected chi connectivity index (χ0v) is 13.4. The Morgan fingerprint density at radius 2 is 2.04 bits per heavy atom. The zero-order chi connectivity index (χ0) is 17.4. The molecule has 0 saturated heterocycles. The van der Waals surface area contributed by atoms with E-state index in [4.69, 9.17) is 9.84 Å². The summed E-state index contributed by atoms with van der Waals surface area (Å²) < 4.78 is 59.3. The molecule has 6 nitrogen and oxygen atoms in total. The molecule has 0 atom stereocenters. The third kappa shape index (κ3) is 3.36. The van der Waals surface area contributed by atoms with E-state index in [0.29, 0.717) is 0 Å². The number of carboxylic acid groups (broad SMARTS) is 1. The maximum Gasteiger partial charge on any atom is 0.306 e. The third-order valence-electron chi connectivity index (χ3n) is 4.11. The van der Waals surface area contributed by atoms with Crippen LogP contribution in [0.2, 0.25) is 0 Å². The summed E-state index contributed by atoms with van der Waals surface area (Å²) in [5, 5.41) is 8.88. The number of ether oxygens (including phenoxy) is 1. The predicted octanol–water partition coefficient (Wildman–Crippen LogP) is 1.43. The molecule has 1 aliphatic rings. The summed E-state index contributed by atoms with van der Waals surface area (Å²) in [6, 6.07) is 2.02. The van der Waals surface area contributed by atoms with E-state index in [1.807, 2.05) is 0 Å². The number of benzene rings is 1. The topological polar surface area (TPSA) is 92.7 Å². The minimum absolute atomic E-state index is 0.00261. The van der Waals surface area contributed by atoms with Gasteiger partial charge in [-0.05, 0) is 31.4 Å². The van der Waals surface area contributed by atoms with E-state index in [2.05, 4.69) is 4.72 Å². The fourth-order valence-corrected chi connectivity index (χ4v) is 3.89. The highest BCUT2D eigenvalue weighted by Gasteiger charge is 2.48. The SMILES string of the molecule is COC1(CNS(=O)(=O)c2c(F)ccc(C)c2F)CC(C(=O)O)C1. The van der Waals surface area contributed by atoms with Crippen molar-refractivity contribution in [3.8, 4) is 0 Å². The molecule has 23 heavy (non-hydrogen) atoms. The number of halogens is 2. The van der Waals surface area contributed by atoms with Crippen molar-refractivity contribution in [1.82, 2.24) is 4.72 Å². The normalized spacial score (nSPS) is 24.3. The minimum atomic E-state index is -4.43. The summed E-state index contributed by atoms with van der Waals surface area (Å²) in [5.41, 5.74) is -0.977. The summed E-state index contributed by atoms with van der Waals surface area (Å²) in [6.45, 7) is 1.07. The van der Waals surface area contributed by atoms with Crippen molar-refractivity contribution < 1.29 is 31.8 Å². The lowest BCUT2D eigenvalue weighted by Crippen LogP contribution is -2.55. The lowest BCUT2D eigenvalue weighted by atomic mass is 9.71.